The lowest BCUT2D eigenvalue weighted by Gasteiger charge is -2.09. The molecule has 0 aliphatic carbocycles. The van der Waals surface area contributed by atoms with Crippen LogP contribution in [0.5, 0.6) is 5.75 Å². The molecule has 0 unspecified atom stereocenters. The van der Waals surface area contributed by atoms with Crippen molar-refractivity contribution in [1.82, 2.24) is 5.32 Å². The molecule has 0 saturated carbocycles. The molecule has 2 aromatic rings. The zero-order valence-corrected chi connectivity index (χ0v) is 12.6. The molecule has 2 amide bonds. The van der Waals surface area contributed by atoms with E-state index in [1.165, 1.54) is 19.1 Å². The zero-order chi connectivity index (χ0) is 16.7. The van der Waals surface area contributed by atoms with Crippen molar-refractivity contribution in [3.05, 3.63) is 59.9 Å². The largest absolute Gasteiger partial charge is 0.489 e. The summed E-state index contributed by atoms with van der Waals surface area (Å²) in [5, 5.41) is 5.30. The molecule has 5 nitrogen and oxygen atoms in total. The molecule has 0 heterocycles. The van der Waals surface area contributed by atoms with Crippen LogP contribution in [0.2, 0.25) is 0 Å². The normalized spacial score (nSPS) is 10.0. The average molecular weight is 316 g/mol. The number of amides is 2. The van der Waals surface area contributed by atoms with E-state index in [0.29, 0.717) is 11.3 Å². The van der Waals surface area contributed by atoms with Gasteiger partial charge in [-0.2, -0.15) is 0 Å². The fourth-order valence-corrected chi connectivity index (χ4v) is 1.90. The third-order valence-corrected chi connectivity index (χ3v) is 2.95. The number of carbonyl (C=O) groups is 2. The Kier molecular flexibility index (Phi) is 5.68. The van der Waals surface area contributed by atoms with Crippen LogP contribution < -0.4 is 15.4 Å². The van der Waals surface area contributed by atoms with Crippen LogP contribution in [-0.4, -0.2) is 25.0 Å². The molecule has 0 fully saturated rings. The highest BCUT2D eigenvalue weighted by molar-refractivity contribution is 5.95. The number of ether oxygens (including phenoxy) is 1. The summed E-state index contributed by atoms with van der Waals surface area (Å²) < 4.78 is 18.6. The second kappa shape index (κ2) is 7.93. The molecule has 120 valence electrons. The van der Waals surface area contributed by atoms with Gasteiger partial charge in [-0.3, -0.25) is 9.59 Å². The van der Waals surface area contributed by atoms with E-state index in [9.17, 15) is 14.0 Å². The minimum Gasteiger partial charge on any atom is -0.489 e. The SMILES string of the molecule is CC(=O)Nc1ccc(C(=O)NCCOc2ccccc2F)cc1. The molecule has 0 saturated heterocycles. The Bertz CT molecular complexity index is 686. The lowest BCUT2D eigenvalue weighted by molar-refractivity contribution is -0.114. The minimum absolute atomic E-state index is 0.154. The molecule has 23 heavy (non-hydrogen) atoms. The standard InChI is InChI=1S/C17H17FN2O3/c1-12(21)20-14-8-6-13(7-9-14)17(22)19-10-11-23-16-5-3-2-4-15(16)18/h2-9H,10-11H2,1H3,(H,19,22)(H,20,21). The van der Waals surface area contributed by atoms with E-state index >= 15 is 0 Å². The monoisotopic (exact) mass is 316 g/mol. The first-order valence-electron chi connectivity index (χ1n) is 7.09. The van der Waals surface area contributed by atoms with Crippen molar-refractivity contribution in [2.45, 2.75) is 6.92 Å². The van der Waals surface area contributed by atoms with Crippen molar-refractivity contribution in [1.29, 1.82) is 0 Å². The van der Waals surface area contributed by atoms with Crippen LogP contribution in [0.1, 0.15) is 17.3 Å². The van der Waals surface area contributed by atoms with Crippen LogP contribution in [-0.2, 0) is 4.79 Å². The van der Waals surface area contributed by atoms with Gasteiger partial charge in [0.15, 0.2) is 11.6 Å². The Hall–Kier alpha value is -2.89. The van der Waals surface area contributed by atoms with Gasteiger partial charge < -0.3 is 15.4 Å². The van der Waals surface area contributed by atoms with Crippen LogP contribution in [0.25, 0.3) is 0 Å². The summed E-state index contributed by atoms with van der Waals surface area (Å²) in [6, 6.07) is 12.6. The lowest BCUT2D eigenvalue weighted by atomic mass is 10.2. The second-order valence-electron chi connectivity index (χ2n) is 4.79. The van der Waals surface area contributed by atoms with Crippen LogP contribution in [0.4, 0.5) is 10.1 Å². The fraction of sp³-hybridized carbons (Fsp3) is 0.176. The van der Waals surface area contributed by atoms with E-state index in [-0.39, 0.29) is 30.7 Å². The quantitative estimate of drug-likeness (QED) is 0.805. The lowest BCUT2D eigenvalue weighted by Crippen LogP contribution is -2.28. The van der Waals surface area contributed by atoms with Gasteiger partial charge in [-0.05, 0) is 36.4 Å². The number of nitrogens with one attached hydrogen (secondary N) is 2. The molecule has 0 atom stereocenters. The van der Waals surface area contributed by atoms with Crippen molar-refractivity contribution < 1.29 is 18.7 Å². The number of benzene rings is 2. The van der Waals surface area contributed by atoms with Crippen LogP contribution in [0, 0.1) is 5.82 Å². The molecule has 0 radical (unpaired) electrons. The van der Waals surface area contributed by atoms with Gasteiger partial charge >= 0.3 is 0 Å². The number of para-hydroxylation sites is 1. The summed E-state index contributed by atoms with van der Waals surface area (Å²) in [5.74, 6) is -0.724. The summed E-state index contributed by atoms with van der Waals surface area (Å²) in [7, 11) is 0. The highest BCUT2D eigenvalue weighted by atomic mass is 19.1. The molecule has 0 aliphatic rings. The Morgan fingerprint density at radius 2 is 1.78 bits per heavy atom. The molecular formula is C17H17FN2O3. The van der Waals surface area contributed by atoms with Crippen LogP contribution >= 0.6 is 0 Å². The Balaban J connectivity index is 1.78. The molecule has 2 aromatic carbocycles. The average Bonchev–Trinajstić information content (AvgIpc) is 2.53. The third kappa shape index (κ3) is 5.10. The molecule has 0 aromatic heterocycles. The maximum Gasteiger partial charge on any atom is 0.251 e. The van der Waals surface area contributed by atoms with E-state index in [1.807, 2.05) is 0 Å². The molecule has 0 bridgehead atoms. The van der Waals surface area contributed by atoms with Crippen molar-refractivity contribution in [2.75, 3.05) is 18.5 Å². The van der Waals surface area contributed by atoms with Gasteiger partial charge in [-0.15, -0.1) is 0 Å². The minimum atomic E-state index is -0.438. The van der Waals surface area contributed by atoms with Crippen molar-refractivity contribution >= 4 is 17.5 Å². The fourth-order valence-electron chi connectivity index (χ4n) is 1.90. The van der Waals surface area contributed by atoms with E-state index < -0.39 is 5.82 Å². The van der Waals surface area contributed by atoms with Gasteiger partial charge in [0.1, 0.15) is 6.61 Å². The first kappa shape index (κ1) is 16.5. The van der Waals surface area contributed by atoms with Gasteiger partial charge in [0.05, 0.1) is 6.54 Å². The first-order chi connectivity index (χ1) is 11.1. The highest BCUT2D eigenvalue weighted by Gasteiger charge is 2.06. The molecule has 6 heteroatoms. The number of hydrogen-bond donors (Lipinski definition) is 2. The topological polar surface area (TPSA) is 67.4 Å². The summed E-state index contributed by atoms with van der Waals surface area (Å²) in [4.78, 5) is 22.8. The third-order valence-electron chi connectivity index (χ3n) is 2.95. The zero-order valence-electron chi connectivity index (χ0n) is 12.6. The summed E-state index contributed by atoms with van der Waals surface area (Å²) in [5.41, 5.74) is 1.09. The van der Waals surface area contributed by atoms with Crippen molar-refractivity contribution in [2.24, 2.45) is 0 Å². The van der Waals surface area contributed by atoms with Gasteiger partial charge in [0.25, 0.3) is 5.91 Å². The number of carbonyl (C=O) groups excluding carboxylic acids is 2. The van der Waals surface area contributed by atoms with Crippen LogP contribution in [0.15, 0.2) is 48.5 Å². The number of rotatable bonds is 6. The number of hydrogen-bond acceptors (Lipinski definition) is 3. The van der Waals surface area contributed by atoms with Gasteiger partial charge in [-0.1, -0.05) is 12.1 Å². The Labute approximate surface area is 133 Å². The van der Waals surface area contributed by atoms with E-state index in [1.54, 1.807) is 36.4 Å². The number of halogens is 1. The molecule has 2 rings (SSSR count). The van der Waals surface area contributed by atoms with Gasteiger partial charge in [-0.25, -0.2) is 4.39 Å². The maximum absolute atomic E-state index is 13.3. The smallest absolute Gasteiger partial charge is 0.251 e. The highest BCUT2D eigenvalue weighted by Crippen LogP contribution is 2.14. The Morgan fingerprint density at radius 1 is 1.09 bits per heavy atom. The first-order valence-corrected chi connectivity index (χ1v) is 7.09. The molecule has 2 N–H and O–H groups in total. The van der Waals surface area contributed by atoms with Gasteiger partial charge in [0, 0.05) is 18.2 Å². The molecule has 0 aliphatic heterocycles. The predicted octanol–water partition coefficient (Wildman–Crippen LogP) is 2.59. The van der Waals surface area contributed by atoms with E-state index in [2.05, 4.69) is 10.6 Å². The molecular weight excluding hydrogens is 299 g/mol. The second-order valence-corrected chi connectivity index (χ2v) is 4.79. The van der Waals surface area contributed by atoms with Gasteiger partial charge in [0.2, 0.25) is 5.91 Å². The summed E-state index contributed by atoms with van der Waals surface area (Å²) >= 11 is 0. The van der Waals surface area contributed by atoms with Crippen LogP contribution in [0.3, 0.4) is 0 Å². The number of anilines is 1. The Morgan fingerprint density at radius 3 is 2.43 bits per heavy atom. The van der Waals surface area contributed by atoms with Crippen molar-refractivity contribution in [3.8, 4) is 5.75 Å². The summed E-state index contributed by atoms with van der Waals surface area (Å²) in [6.45, 7) is 1.83. The molecule has 0 spiro atoms. The van der Waals surface area contributed by atoms with E-state index in [0.717, 1.165) is 0 Å². The van der Waals surface area contributed by atoms with E-state index in [4.69, 9.17) is 4.74 Å². The predicted molar refractivity (Wildman–Crippen MR) is 85.0 cm³/mol. The summed E-state index contributed by atoms with van der Waals surface area (Å²) in [6.07, 6.45) is 0. The maximum atomic E-state index is 13.3. The van der Waals surface area contributed by atoms with Crippen molar-refractivity contribution in [3.63, 3.8) is 0 Å².